The lowest BCUT2D eigenvalue weighted by atomic mass is 9.88. The Kier molecular flexibility index (Phi) is 6.59. The van der Waals surface area contributed by atoms with Gasteiger partial charge < -0.3 is 19.5 Å². The van der Waals surface area contributed by atoms with E-state index in [-0.39, 0.29) is 6.04 Å². The number of hydrogen-bond acceptors (Lipinski definition) is 4. The maximum atomic E-state index is 11.6. The maximum Gasteiger partial charge on any atom is 0.119 e. The molecule has 0 saturated heterocycles. The Labute approximate surface area is 185 Å². The molecule has 1 heterocycles. The largest absolute Gasteiger partial charge is 0.497 e. The van der Waals surface area contributed by atoms with Crippen LogP contribution in [-0.2, 0) is 12.8 Å². The Morgan fingerprint density at radius 2 is 1.58 bits per heavy atom. The van der Waals surface area contributed by atoms with Gasteiger partial charge in [-0.1, -0.05) is 42.5 Å². The van der Waals surface area contributed by atoms with Crippen LogP contribution in [0.2, 0.25) is 0 Å². The number of aliphatic hydroxyl groups is 1. The van der Waals surface area contributed by atoms with Crippen LogP contribution in [0.1, 0.15) is 29.2 Å². The van der Waals surface area contributed by atoms with E-state index in [0.29, 0.717) is 0 Å². The van der Waals surface area contributed by atoms with E-state index in [1.807, 2.05) is 30.3 Å². The van der Waals surface area contributed by atoms with Crippen LogP contribution in [0.5, 0.6) is 11.5 Å². The number of fused-ring (bicyclic) bond motifs is 3. The summed E-state index contributed by atoms with van der Waals surface area (Å²) >= 11 is 0. The first kappa shape index (κ1) is 21.4. The molecule has 1 N–H and O–H groups in total. The number of nitrogens with zero attached hydrogens (tertiary/aromatic N) is 1. The van der Waals surface area contributed by atoms with E-state index in [2.05, 4.69) is 48.3 Å². The number of aliphatic hydroxyl groups excluding tert-OH is 1. The lowest BCUT2D eigenvalue weighted by Crippen LogP contribution is -2.38. The second-order valence-corrected chi connectivity index (χ2v) is 8.24. The summed E-state index contributed by atoms with van der Waals surface area (Å²) in [4.78, 5) is 2.31. The average Bonchev–Trinajstić information content (AvgIpc) is 2.86. The summed E-state index contributed by atoms with van der Waals surface area (Å²) < 4.78 is 11.0. The molecule has 0 amide bonds. The standard InChI is InChI=1S/C27H31NO3/c1-28-16-15-20-10-11-21(30-2)17-24(20)25-18-22(31-3)12-13-23(25)27(29)26(28)14-9-19-7-5-4-6-8-19/h4-8,10-13,17-18,26-27,29H,9,14-16H2,1-3H3. The van der Waals surface area contributed by atoms with Crippen LogP contribution >= 0.6 is 0 Å². The number of methoxy groups -OCH3 is 2. The second-order valence-electron chi connectivity index (χ2n) is 8.24. The smallest absolute Gasteiger partial charge is 0.119 e. The normalized spacial score (nSPS) is 18.8. The molecule has 0 fully saturated rings. The fourth-order valence-electron chi connectivity index (χ4n) is 4.55. The predicted molar refractivity (Wildman–Crippen MR) is 125 cm³/mol. The molecule has 0 aromatic heterocycles. The quantitative estimate of drug-likeness (QED) is 0.642. The zero-order valence-electron chi connectivity index (χ0n) is 18.5. The van der Waals surface area contributed by atoms with Crippen molar-refractivity contribution in [2.75, 3.05) is 27.8 Å². The molecule has 0 spiro atoms. The van der Waals surface area contributed by atoms with Crippen molar-refractivity contribution in [3.8, 4) is 22.6 Å². The van der Waals surface area contributed by atoms with Gasteiger partial charge in [0.15, 0.2) is 0 Å². The Morgan fingerprint density at radius 1 is 0.903 bits per heavy atom. The van der Waals surface area contributed by atoms with E-state index in [0.717, 1.165) is 54.0 Å². The minimum Gasteiger partial charge on any atom is -0.497 e. The molecule has 2 unspecified atom stereocenters. The van der Waals surface area contributed by atoms with Crippen molar-refractivity contribution in [2.24, 2.45) is 0 Å². The van der Waals surface area contributed by atoms with Crippen LogP contribution in [0.15, 0.2) is 66.7 Å². The van der Waals surface area contributed by atoms with Crippen molar-refractivity contribution in [2.45, 2.75) is 31.4 Å². The lowest BCUT2D eigenvalue weighted by Gasteiger charge is -2.32. The Morgan fingerprint density at radius 3 is 2.29 bits per heavy atom. The Balaban J connectivity index is 1.76. The zero-order chi connectivity index (χ0) is 21.8. The van der Waals surface area contributed by atoms with Gasteiger partial charge in [0, 0.05) is 12.6 Å². The summed E-state index contributed by atoms with van der Waals surface area (Å²) in [6.07, 6.45) is 2.11. The molecule has 31 heavy (non-hydrogen) atoms. The predicted octanol–water partition coefficient (Wildman–Crippen LogP) is 4.89. The van der Waals surface area contributed by atoms with Gasteiger partial charge in [-0.25, -0.2) is 0 Å². The summed E-state index contributed by atoms with van der Waals surface area (Å²) in [6.45, 7) is 0.876. The molecule has 3 aromatic carbocycles. The summed E-state index contributed by atoms with van der Waals surface area (Å²) in [7, 11) is 5.48. The second kappa shape index (κ2) is 9.54. The van der Waals surface area contributed by atoms with Crippen molar-refractivity contribution in [1.82, 2.24) is 4.90 Å². The summed E-state index contributed by atoms with van der Waals surface area (Å²) in [5.41, 5.74) is 5.59. The molecule has 4 nitrogen and oxygen atoms in total. The van der Waals surface area contributed by atoms with Gasteiger partial charge in [0.1, 0.15) is 11.5 Å². The van der Waals surface area contributed by atoms with Crippen molar-refractivity contribution in [1.29, 1.82) is 0 Å². The first-order valence-corrected chi connectivity index (χ1v) is 10.9. The topological polar surface area (TPSA) is 41.9 Å². The third-order valence-corrected chi connectivity index (χ3v) is 6.42. The highest BCUT2D eigenvalue weighted by atomic mass is 16.5. The van der Waals surface area contributed by atoms with Gasteiger partial charge in [-0.3, -0.25) is 0 Å². The fraction of sp³-hybridized carbons (Fsp3) is 0.333. The molecule has 1 aliphatic rings. The van der Waals surface area contributed by atoms with E-state index in [1.54, 1.807) is 14.2 Å². The van der Waals surface area contributed by atoms with Gasteiger partial charge in [-0.15, -0.1) is 0 Å². The van der Waals surface area contributed by atoms with Crippen LogP contribution in [0.4, 0.5) is 0 Å². The highest BCUT2D eigenvalue weighted by Gasteiger charge is 2.29. The summed E-state index contributed by atoms with van der Waals surface area (Å²) in [5.74, 6) is 1.60. The van der Waals surface area contributed by atoms with Gasteiger partial charge in [0.25, 0.3) is 0 Å². The van der Waals surface area contributed by atoms with Gasteiger partial charge >= 0.3 is 0 Å². The third kappa shape index (κ3) is 4.60. The molecule has 3 aromatic rings. The van der Waals surface area contributed by atoms with E-state index in [1.165, 1.54) is 11.1 Å². The average molecular weight is 418 g/mol. The van der Waals surface area contributed by atoms with Crippen molar-refractivity contribution in [3.63, 3.8) is 0 Å². The number of rotatable bonds is 5. The molecule has 0 aliphatic carbocycles. The maximum absolute atomic E-state index is 11.6. The van der Waals surface area contributed by atoms with E-state index in [9.17, 15) is 5.11 Å². The van der Waals surface area contributed by atoms with Gasteiger partial charge in [0.05, 0.1) is 20.3 Å². The molecule has 0 radical (unpaired) electrons. The third-order valence-electron chi connectivity index (χ3n) is 6.42. The molecule has 0 bridgehead atoms. The van der Waals surface area contributed by atoms with Crippen LogP contribution in [0.3, 0.4) is 0 Å². The summed E-state index contributed by atoms with van der Waals surface area (Å²) in [5, 5.41) is 11.6. The SMILES string of the molecule is COc1ccc2c(c1)-c1cc(OC)ccc1C(O)C(CCc1ccccc1)N(C)CC2. The number of benzene rings is 3. The number of aryl methyl sites for hydroxylation is 1. The van der Waals surface area contributed by atoms with Crippen LogP contribution in [0, 0.1) is 0 Å². The Bertz CT molecular complexity index is 1020. The van der Waals surface area contributed by atoms with Crippen LogP contribution < -0.4 is 9.47 Å². The molecule has 1 aliphatic heterocycles. The molecule has 2 atom stereocenters. The summed E-state index contributed by atoms with van der Waals surface area (Å²) in [6, 6.07) is 22.7. The monoisotopic (exact) mass is 417 g/mol. The van der Waals surface area contributed by atoms with Crippen LogP contribution in [-0.4, -0.2) is 43.9 Å². The number of ether oxygens (including phenoxy) is 2. The van der Waals surface area contributed by atoms with E-state index in [4.69, 9.17) is 9.47 Å². The minimum absolute atomic E-state index is 0.0172. The van der Waals surface area contributed by atoms with Gasteiger partial charge in [0.2, 0.25) is 0 Å². The molecule has 4 rings (SSSR count). The molecular formula is C27H31NO3. The highest BCUT2D eigenvalue weighted by molar-refractivity contribution is 5.74. The number of hydrogen-bond donors (Lipinski definition) is 1. The van der Waals surface area contributed by atoms with Crippen LogP contribution in [0.25, 0.3) is 11.1 Å². The van der Waals surface area contributed by atoms with Crippen molar-refractivity contribution < 1.29 is 14.6 Å². The molecule has 4 heteroatoms. The lowest BCUT2D eigenvalue weighted by molar-refractivity contribution is 0.0590. The fourth-order valence-corrected chi connectivity index (χ4v) is 4.55. The molecule has 162 valence electrons. The first-order valence-electron chi connectivity index (χ1n) is 10.9. The Hall–Kier alpha value is -2.82. The highest BCUT2D eigenvalue weighted by Crippen LogP contribution is 2.39. The van der Waals surface area contributed by atoms with Gasteiger partial charge in [-0.2, -0.15) is 0 Å². The molecule has 0 saturated carbocycles. The first-order chi connectivity index (χ1) is 15.1. The van der Waals surface area contributed by atoms with Crippen molar-refractivity contribution >= 4 is 0 Å². The van der Waals surface area contributed by atoms with Gasteiger partial charge in [-0.05, 0) is 78.4 Å². The zero-order valence-corrected chi connectivity index (χ0v) is 18.5. The van der Waals surface area contributed by atoms with Crippen molar-refractivity contribution in [3.05, 3.63) is 83.4 Å². The number of likely N-dealkylation sites (N-methyl/N-ethyl adjacent to an activating group) is 1. The van der Waals surface area contributed by atoms with E-state index < -0.39 is 6.10 Å². The van der Waals surface area contributed by atoms with E-state index >= 15 is 0 Å². The molecular weight excluding hydrogens is 386 g/mol. The minimum atomic E-state index is -0.605.